The predicted molar refractivity (Wildman–Crippen MR) is 126 cm³/mol. The highest BCUT2D eigenvalue weighted by molar-refractivity contribution is 7.97. The fourth-order valence-electron chi connectivity index (χ4n) is 2.49. The van der Waals surface area contributed by atoms with Gasteiger partial charge in [-0.05, 0) is 68.6 Å². The minimum atomic E-state index is 0.0733. The largest absolute Gasteiger partial charge is 0.346 e. The highest BCUT2D eigenvalue weighted by atomic mass is 32.2. The van der Waals surface area contributed by atoms with Crippen molar-refractivity contribution in [2.75, 3.05) is 27.2 Å². The van der Waals surface area contributed by atoms with Crippen LogP contribution in [0, 0.1) is 0 Å². The Morgan fingerprint density at radius 3 is 2.31 bits per heavy atom. The Bertz CT molecular complexity index is 694. The molecule has 0 saturated carbocycles. The lowest BCUT2D eigenvalue weighted by Gasteiger charge is -2.13. The minimum Gasteiger partial charge on any atom is -0.346 e. The van der Waals surface area contributed by atoms with Crippen LogP contribution in [0.15, 0.2) is 47.5 Å². The van der Waals surface area contributed by atoms with Gasteiger partial charge < -0.3 is 10.2 Å². The van der Waals surface area contributed by atoms with E-state index in [1.807, 2.05) is 46.0 Å². The smallest absolute Gasteiger partial charge is 0.228 e. The van der Waals surface area contributed by atoms with Crippen molar-refractivity contribution in [1.82, 2.24) is 15.2 Å². The van der Waals surface area contributed by atoms with Gasteiger partial charge >= 0.3 is 0 Å². The number of benzene rings is 1. The van der Waals surface area contributed by atoms with E-state index in [1.165, 1.54) is 11.1 Å². The van der Waals surface area contributed by atoms with Gasteiger partial charge in [0.2, 0.25) is 5.91 Å². The van der Waals surface area contributed by atoms with Gasteiger partial charge in [-0.3, -0.25) is 9.93 Å². The second-order valence-corrected chi connectivity index (χ2v) is 6.80. The lowest BCUT2D eigenvalue weighted by Crippen LogP contribution is -2.28. The van der Waals surface area contributed by atoms with Gasteiger partial charge in [-0.1, -0.05) is 51.1 Å². The molecule has 0 unspecified atom stereocenters. The number of likely N-dealkylation sites (N-methyl/N-ethyl adjacent to an activating group) is 2. The minimum absolute atomic E-state index is 0.0733. The molecule has 1 heterocycles. The summed E-state index contributed by atoms with van der Waals surface area (Å²) < 4.78 is 0. The predicted octanol–water partition coefficient (Wildman–Crippen LogP) is 4.11. The molecule has 1 aromatic carbocycles. The molecule has 0 saturated heterocycles. The number of carbonyl (C=O) groups is 1. The van der Waals surface area contributed by atoms with Crippen LogP contribution in [-0.4, -0.2) is 43.0 Å². The molecule has 6 heteroatoms. The van der Waals surface area contributed by atoms with Gasteiger partial charge in [-0.25, -0.2) is 4.98 Å². The van der Waals surface area contributed by atoms with Gasteiger partial charge in [0.1, 0.15) is 5.03 Å². The van der Waals surface area contributed by atoms with Crippen molar-refractivity contribution in [1.29, 1.82) is 0 Å². The highest BCUT2D eigenvalue weighted by Gasteiger charge is 2.08. The second-order valence-electron chi connectivity index (χ2n) is 6.15. The first-order valence-corrected chi connectivity index (χ1v) is 11.2. The summed E-state index contributed by atoms with van der Waals surface area (Å²) in [6.07, 6.45) is 2.61. The zero-order chi connectivity index (χ0) is 22.1. The van der Waals surface area contributed by atoms with E-state index in [2.05, 4.69) is 41.5 Å². The molecule has 29 heavy (non-hydrogen) atoms. The molecule has 0 spiro atoms. The quantitative estimate of drug-likeness (QED) is 0.632. The number of nitrogens with zero attached hydrogens (tertiary/aromatic N) is 2. The monoisotopic (exact) mass is 418 g/mol. The van der Waals surface area contributed by atoms with E-state index in [-0.39, 0.29) is 5.91 Å². The first-order chi connectivity index (χ1) is 14.0. The number of nitrogens with two attached hydrogens (primary N) is 1. The Balaban J connectivity index is 0.000000508. The SMILES string of the molecule is CC.CCN(C)C(=O)Cc1cccc(SN)n1.CCc1ccccc1CCNC. The van der Waals surface area contributed by atoms with Crippen molar-refractivity contribution < 1.29 is 4.79 Å². The molecule has 1 aromatic heterocycles. The average molecular weight is 419 g/mol. The summed E-state index contributed by atoms with van der Waals surface area (Å²) in [5.74, 6) is 0.0733. The number of hydrogen-bond acceptors (Lipinski definition) is 5. The maximum absolute atomic E-state index is 11.6. The van der Waals surface area contributed by atoms with Gasteiger partial charge in [0, 0.05) is 13.6 Å². The number of pyridine rings is 1. The number of rotatable bonds is 8. The molecule has 162 valence electrons. The lowest BCUT2D eigenvalue weighted by atomic mass is 10.0. The molecule has 0 radical (unpaired) electrons. The number of amides is 1. The van der Waals surface area contributed by atoms with Gasteiger partial charge in [-0.2, -0.15) is 0 Å². The van der Waals surface area contributed by atoms with Gasteiger partial charge in [0.05, 0.1) is 12.1 Å². The van der Waals surface area contributed by atoms with E-state index < -0.39 is 0 Å². The molecule has 0 aliphatic carbocycles. The number of nitrogens with one attached hydrogen (secondary N) is 1. The van der Waals surface area contributed by atoms with Crippen molar-refractivity contribution in [3.8, 4) is 0 Å². The van der Waals surface area contributed by atoms with Crippen LogP contribution in [0.3, 0.4) is 0 Å². The number of hydrogen-bond donors (Lipinski definition) is 2. The van der Waals surface area contributed by atoms with Gasteiger partial charge in [0.25, 0.3) is 0 Å². The molecule has 0 aliphatic rings. The third-order valence-electron chi connectivity index (χ3n) is 4.28. The Morgan fingerprint density at radius 2 is 1.76 bits per heavy atom. The normalized spacial score (nSPS) is 9.62. The van der Waals surface area contributed by atoms with E-state index in [1.54, 1.807) is 11.9 Å². The summed E-state index contributed by atoms with van der Waals surface area (Å²) in [5, 5.41) is 9.30. The molecule has 0 atom stereocenters. The highest BCUT2D eigenvalue weighted by Crippen LogP contribution is 2.10. The standard InChI is InChI=1S/C11H17N.C10H15N3OS.C2H6/c1-3-10-6-4-5-7-11(10)8-9-12-2;1-3-13(2)10(14)7-8-5-4-6-9(12-8)15-11;1-2/h4-7,12H,3,8-9H2,1-2H3;4-6H,3,7,11H2,1-2H3;1-2H3. The summed E-state index contributed by atoms with van der Waals surface area (Å²) in [4.78, 5) is 17.5. The van der Waals surface area contributed by atoms with E-state index in [9.17, 15) is 4.79 Å². The van der Waals surface area contributed by atoms with Crippen LogP contribution in [0.1, 0.15) is 44.5 Å². The molecular formula is C23H38N4OS. The summed E-state index contributed by atoms with van der Waals surface area (Å²) in [7, 11) is 3.78. The van der Waals surface area contributed by atoms with Crippen LogP contribution in [0.25, 0.3) is 0 Å². The van der Waals surface area contributed by atoms with E-state index >= 15 is 0 Å². The summed E-state index contributed by atoms with van der Waals surface area (Å²) in [5.41, 5.74) is 3.72. The van der Waals surface area contributed by atoms with Crippen LogP contribution in [0.4, 0.5) is 0 Å². The Morgan fingerprint density at radius 1 is 1.10 bits per heavy atom. The molecule has 5 nitrogen and oxygen atoms in total. The Labute approximate surface area is 181 Å². The summed E-state index contributed by atoms with van der Waals surface area (Å²) in [6, 6.07) is 14.2. The maximum atomic E-state index is 11.6. The Kier molecular flexibility index (Phi) is 15.9. The van der Waals surface area contributed by atoms with E-state index in [4.69, 9.17) is 5.14 Å². The van der Waals surface area contributed by atoms with Crippen molar-refractivity contribution in [2.45, 2.75) is 52.0 Å². The van der Waals surface area contributed by atoms with E-state index in [0.717, 1.165) is 42.1 Å². The van der Waals surface area contributed by atoms with Crippen LogP contribution >= 0.6 is 11.9 Å². The fourth-order valence-corrected chi connectivity index (χ4v) is 2.82. The number of aryl methyl sites for hydroxylation is 1. The number of carbonyl (C=O) groups excluding carboxylic acids is 1. The van der Waals surface area contributed by atoms with Crippen molar-refractivity contribution >= 4 is 17.9 Å². The molecule has 0 aliphatic heterocycles. The molecule has 1 amide bonds. The summed E-state index contributed by atoms with van der Waals surface area (Å²) >= 11 is 1.09. The molecule has 0 bridgehead atoms. The molecule has 2 rings (SSSR count). The topological polar surface area (TPSA) is 71.2 Å². The zero-order valence-electron chi connectivity index (χ0n) is 18.9. The van der Waals surface area contributed by atoms with Crippen molar-refractivity contribution in [3.63, 3.8) is 0 Å². The fraction of sp³-hybridized carbons (Fsp3) is 0.478. The first kappa shape index (κ1) is 27.1. The van der Waals surface area contributed by atoms with Gasteiger partial charge in [0.15, 0.2) is 0 Å². The molecule has 3 N–H and O–H groups in total. The third kappa shape index (κ3) is 11.0. The molecular weight excluding hydrogens is 380 g/mol. The third-order valence-corrected chi connectivity index (χ3v) is 4.75. The maximum Gasteiger partial charge on any atom is 0.228 e. The second kappa shape index (κ2) is 17.0. The molecule has 0 fully saturated rings. The van der Waals surface area contributed by atoms with E-state index in [0.29, 0.717) is 13.0 Å². The van der Waals surface area contributed by atoms with Crippen LogP contribution < -0.4 is 10.5 Å². The van der Waals surface area contributed by atoms with Crippen LogP contribution in [-0.2, 0) is 24.1 Å². The van der Waals surface area contributed by atoms with Crippen molar-refractivity contribution in [2.24, 2.45) is 5.14 Å². The summed E-state index contributed by atoms with van der Waals surface area (Å²) in [6.45, 7) is 9.93. The Hall–Kier alpha value is -1.89. The van der Waals surface area contributed by atoms with Crippen molar-refractivity contribution in [3.05, 3.63) is 59.3 Å². The average Bonchev–Trinajstić information content (AvgIpc) is 2.79. The number of aromatic nitrogens is 1. The molecule has 2 aromatic rings. The zero-order valence-corrected chi connectivity index (χ0v) is 19.7. The van der Waals surface area contributed by atoms with Gasteiger partial charge in [-0.15, -0.1) is 0 Å². The van der Waals surface area contributed by atoms with Crippen LogP contribution in [0.5, 0.6) is 0 Å². The first-order valence-electron chi connectivity index (χ1n) is 10.3. The van der Waals surface area contributed by atoms with Crippen LogP contribution in [0.2, 0.25) is 0 Å². The lowest BCUT2D eigenvalue weighted by molar-refractivity contribution is -0.129.